The number of ether oxygens (including phenoxy) is 1. The summed E-state index contributed by atoms with van der Waals surface area (Å²) >= 11 is 0. The number of esters is 1. The number of carbonyl (C=O) groups is 1. The highest BCUT2D eigenvalue weighted by molar-refractivity contribution is 5.97. The number of nitro groups is 1. The molecule has 0 spiro atoms. The van der Waals surface area contributed by atoms with Crippen LogP contribution in [0, 0.1) is 10.1 Å². The van der Waals surface area contributed by atoms with Gasteiger partial charge in [-0.15, -0.1) is 0 Å². The monoisotopic (exact) mass is 247 g/mol. The molecular weight excluding hydrogens is 240 g/mol. The number of pyridine rings is 1. The molecule has 0 fully saturated rings. The first kappa shape index (κ1) is 12.7. The zero-order valence-corrected chi connectivity index (χ0v) is 8.52. The van der Waals surface area contributed by atoms with Crippen molar-refractivity contribution >= 4 is 17.5 Å². The molecule has 0 saturated carbocycles. The molecule has 0 aliphatic carbocycles. The number of alkyl halides is 2. The van der Waals surface area contributed by atoms with Gasteiger partial charge < -0.3 is 10.5 Å². The Hall–Kier alpha value is -2.32. The summed E-state index contributed by atoms with van der Waals surface area (Å²) in [6, 6.07) is 0. The molecule has 7 nitrogen and oxygen atoms in total. The van der Waals surface area contributed by atoms with E-state index in [1.165, 1.54) is 0 Å². The third-order valence-electron chi connectivity index (χ3n) is 1.92. The lowest BCUT2D eigenvalue weighted by Crippen LogP contribution is -2.13. The second-order valence-electron chi connectivity index (χ2n) is 2.87. The first-order valence-electron chi connectivity index (χ1n) is 4.19. The van der Waals surface area contributed by atoms with Crippen LogP contribution in [-0.4, -0.2) is 23.0 Å². The zero-order valence-electron chi connectivity index (χ0n) is 8.52. The maximum atomic E-state index is 12.6. The standard InChI is InChI=1S/C8H7F2N3O4/c1-17-8(14)4-3(6(9)10)2-12-7(11)5(4)13(15)16/h2,6H,1H3,(H2,11,12). The van der Waals surface area contributed by atoms with Crippen LogP contribution in [0.15, 0.2) is 6.20 Å². The molecule has 0 unspecified atom stereocenters. The van der Waals surface area contributed by atoms with Crippen molar-refractivity contribution in [3.05, 3.63) is 27.4 Å². The SMILES string of the molecule is COC(=O)c1c(C(F)F)cnc(N)c1[N+](=O)[O-]. The lowest BCUT2D eigenvalue weighted by Gasteiger charge is -2.08. The lowest BCUT2D eigenvalue weighted by atomic mass is 10.1. The summed E-state index contributed by atoms with van der Waals surface area (Å²) in [6.45, 7) is 0. The van der Waals surface area contributed by atoms with Gasteiger partial charge in [0.05, 0.1) is 17.6 Å². The summed E-state index contributed by atoms with van der Waals surface area (Å²) in [5.74, 6) is -1.89. The molecule has 1 rings (SSSR count). The molecule has 0 radical (unpaired) electrons. The van der Waals surface area contributed by atoms with E-state index in [1.807, 2.05) is 0 Å². The number of anilines is 1. The molecule has 9 heteroatoms. The molecule has 17 heavy (non-hydrogen) atoms. The average Bonchev–Trinajstić information content (AvgIpc) is 2.26. The van der Waals surface area contributed by atoms with Crippen LogP contribution in [0.25, 0.3) is 0 Å². The maximum Gasteiger partial charge on any atom is 0.345 e. The fourth-order valence-electron chi connectivity index (χ4n) is 1.20. The minimum Gasteiger partial charge on any atom is -0.465 e. The molecule has 0 aliphatic heterocycles. The third-order valence-corrected chi connectivity index (χ3v) is 1.92. The van der Waals surface area contributed by atoms with Crippen LogP contribution in [0.2, 0.25) is 0 Å². The van der Waals surface area contributed by atoms with Gasteiger partial charge >= 0.3 is 11.7 Å². The number of hydrogen-bond donors (Lipinski definition) is 1. The van der Waals surface area contributed by atoms with Crippen molar-refractivity contribution in [3.63, 3.8) is 0 Å². The molecule has 1 aromatic rings. The highest BCUT2D eigenvalue weighted by Gasteiger charge is 2.32. The Morgan fingerprint density at radius 2 is 2.24 bits per heavy atom. The van der Waals surface area contributed by atoms with Gasteiger partial charge in [-0.2, -0.15) is 0 Å². The number of nitrogens with zero attached hydrogens (tertiary/aromatic N) is 2. The minimum atomic E-state index is -3.10. The molecule has 0 saturated heterocycles. The normalized spacial score (nSPS) is 10.4. The lowest BCUT2D eigenvalue weighted by molar-refractivity contribution is -0.384. The number of aromatic nitrogens is 1. The number of rotatable bonds is 3. The van der Waals surface area contributed by atoms with Gasteiger partial charge in [0.1, 0.15) is 0 Å². The summed E-state index contributed by atoms with van der Waals surface area (Å²) in [5.41, 5.74) is 2.44. The first-order valence-corrected chi connectivity index (χ1v) is 4.19. The predicted molar refractivity (Wildman–Crippen MR) is 51.6 cm³/mol. The molecule has 0 atom stereocenters. The van der Waals surface area contributed by atoms with Crippen molar-refractivity contribution in [2.45, 2.75) is 6.43 Å². The van der Waals surface area contributed by atoms with Crippen LogP contribution in [0.5, 0.6) is 0 Å². The summed E-state index contributed by atoms with van der Waals surface area (Å²) in [7, 11) is 0.915. The van der Waals surface area contributed by atoms with Crippen molar-refractivity contribution in [3.8, 4) is 0 Å². The molecule has 0 aliphatic rings. The Labute approximate surface area is 93.3 Å². The van der Waals surface area contributed by atoms with E-state index in [-0.39, 0.29) is 0 Å². The smallest absolute Gasteiger partial charge is 0.345 e. The van der Waals surface area contributed by atoms with E-state index in [2.05, 4.69) is 9.72 Å². The Morgan fingerprint density at radius 1 is 1.65 bits per heavy atom. The van der Waals surface area contributed by atoms with E-state index >= 15 is 0 Å². The first-order chi connectivity index (χ1) is 7.90. The third kappa shape index (κ3) is 2.27. The van der Waals surface area contributed by atoms with Crippen molar-refractivity contribution in [1.29, 1.82) is 0 Å². The molecule has 0 amide bonds. The van der Waals surface area contributed by atoms with Crippen LogP contribution in [0.1, 0.15) is 22.3 Å². The Balaban J connectivity index is 3.61. The number of halogens is 2. The van der Waals surface area contributed by atoms with Gasteiger partial charge in [-0.3, -0.25) is 10.1 Å². The van der Waals surface area contributed by atoms with Crippen molar-refractivity contribution in [2.24, 2.45) is 0 Å². The van der Waals surface area contributed by atoms with Gasteiger partial charge in [0.25, 0.3) is 6.43 Å². The van der Waals surface area contributed by atoms with Gasteiger partial charge in [-0.25, -0.2) is 18.6 Å². The van der Waals surface area contributed by atoms with Crippen LogP contribution in [0.3, 0.4) is 0 Å². The van der Waals surface area contributed by atoms with Gasteiger partial charge in [-0.1, -0.05) is 0 Å². The van der Waals surface area contributed by atoms with Crippen LogP contribution < -0.4 is 5.73 Å². The van der Waals surface area contributed by atoms with Gasteiger partial charge in [0.2, 0.25) is 5.82 Å². The summed E-state index contributed by atoms with van der Waals surface area (Å²) < 4.78 is 29.4. The molecule has 1 heterocycles. The highest BCUT2D eigenvalue weighted by Crippen LogP contribution is 2.32. The summed E-state index contributed by atoms with van der Waals surface area (Å²) in [5, 5.41) is 10.7. The van der Waals surface area contributed by atoms with Crippen LogP contribution in [-0.2, 0) is 4.74 Å². The highest BCUT2D eigenvalue weighted by atomic mass is 19.3. The molecule has 0 aromatic carbocycles. The topological polar surface area (TPSA) is 108 Å². The number of nitrogen functional groups attached to an aromatic ring is 1. The van der Waals surface area contributed by atoms with E-state index in [9.17, 15) is 23.7 Å². The van der Waals surface area contributed by atoms with E-state index < -0.39 is 40.0 Å². The second kappa shape index (κ2) is 4.68. The average molecular weight is 247 g/mol. The zero-order chi connectivity index (χ0) is 13.2. The number of carbonyl (C=O) groups excluding carboxylic acids is 1. The summed E-state index contributed by atoms with van der Waals surface area (Å²) in [6.07, 6.45) is -2.49. The van der Waals surface area contributed by atoms with Gasteiger partial charge in [-0.05, 0) is 0 Å². The minimum absolute atomic E-state index is 0.610. The molecule has 92 valence electrons. The van der Waals surface area contributed by atoms with E-state index in [1.54, 1.807) is 0 Å². The number of nitrogens with two attached hydrogens (primary N) is 1. The second-order valence-corrected chi connectivity index (χ2v) is 2.87. The van der Waals surface area contributed by atoms with Crippen LogP contribution >= 0.6 is 0 Å². The van der Waals surface area contributed by atoms with Gasteiger partial charge in [0, 0.05) is 6.20 Å². The Bertz CT molecular complexity index is 478. The fraction of sp³-hybridized carbons (Fsp3) is 0.250. The van der Waals surface area contributed by atoms with E-state index in [4.69, 9.17) is 5.73 Å². The molecule has 2 N–H and O–H groups in total. The Morgan fingerprint density at radius 3 is 2.65 bits per heavy atom. The maximum absolute atomic E-state index is 12.6. The molecule has 1 aromatic heterocycles. The largest absolute Gasteiger partial charge is 0.465 e. The predicted octanol–water partition coefficient (Wildman–Crippen LogP) is 1.30. The van der Waals surface area contributed by atoms with Crippen molar-refractivity contribution < 1.29 is 23.2 Å². The van der Waals surface area contributed by atoms with Crippen molar-refractivity contribution in [1.82, 2.24) is 4.98 Å². The Kier molecular flexibility index (Phi) is 3.51. The van der Waals surface area contributed by atoms with Gasteiger partial charge in [0.15, 0.2) is 5.56 Å². The van der Waals surface area contributed by atoms with Crippen LogP contribution in [0.4, 0.5) is 20.3 Å². The van der Waals surface area contributed by atoms with E-state index in [0.29, 0.717) is 6.20 Å². The molecule has 0 bridgehead atoms. The number of hydrogen-bond acceptors (Lipinski definition) is 6. The quantitative estimate of drug-likeness (QED) is 0.489. The molecular formula is C8H7F2N3O4. The van der Waals surface area contributed by atoms with E-state index in [0.717, 1.165) is 7.11 Å². The van der Waals surface area contributed by atoms with Crippen molar-refractivity contribution in [2.75, 3.05) is 12.8 Å². The summed E-state index contributed by atoms with van der Waals surface area (Å²) in [4.78, 5) is 24.1. The number of methoxy groups -OCH3 is 1. The fourth-order valence-corrected chi connectivity index (χ4v) is 1.20.